The fourth-order valence-corrected chi connectivity index (χ4v) is 3.25. The van der Waals surface area contributed by atoms with Crippen LogP contribution in [0, 0.1) is 3.57 Å². The zero-order valence-corrected chi connectivity index (χ0v) is 14.6. The van der Waals surface area contributed by atoms with Crippen LogP contribution in [0.2, 0.25) is 0 Å². The van der Waals surface area contributed by atoms with Crippen LogP contribution in [0.5, 0.6) is 5.75 Å². The highest BCUT2D eigenvalue weighted by Gasteiger charge is 2.17. The van der Waals surface area contributed by atoms with Crippen molar-refractivity contribution in [2.24, 2.45) is 0 Å². The molecule has 116 valence electrons. The SMILES string of the molecule is CC1CCCCN1CCCNC(=O)c1cc(I)ccc1O. The zero-order valence-electron chi connectivity index (χ0n) is 12.4. The highest BCUT2D eigenvalue weighted by atomic mass is 127. The first-order valence-electron chi connectivity index (χ1n) is 7.58. The molecule has 0 saturated carbocycles. The molecule has 1 heterocycles. The maximum absolute atomic E-state index is 12.0. The molecule has 0 aromatic heterocycles. The third-order valence-corrected chi connectivity index (χ3v) is 4.72. The van der Waals surface area contributed by atoms with Crippen molar-refractivity contribution in [2.75, 3.05) is 19.6 Å². The summed E-state index contributed by atoms with van der Waals surface area (Å²) in [6.45, 7) is 5.13. The highest BCUT2D eigenvalue weighted by molar-refractivity contribution is 14.1. The largest absolute Gasteiger partial charge is 0.507 e. The van der Waals surface area contributed by atoms with Crippen molar-refractivity contribution in [3.05, 3.63) is 27.3 Å². The van der Waals surface area contributed by atoms with Gasteiger partial charge >= 0.3 is 0 Å². The molecule has 2 N–H and O–H groups in total. The third-order valence-electron chi connectivity index (χ3n) is 4.05. The number of piperidine rings is 1. The van der Waals surface area contributed by atoms with Gasteiger partial charge in [0.15, 0.2) is 0 Å². The van der Waals surface area contributed by atoms with Crippen molar-refractivity contribution in [3.8, 4) is 5.75 Å². The van der Waals surface area contributed by atoms with Crippen LogP contribution in [0.15, 0.2) is 18.2 Å². The molecule has 1 amide bonds. The second-order valence-corrected chi connectivity index (χ2v) is 6.90. The van der Waals surface area contributed by atoms with E-state index in [1.54, 1.807) is 18.2 Å². The third kappa shape index (κ3) is 4.85. The molecule has 0 aliphatic carbocycles. The lowest BCUT2D eigenvalue weighted by molar-refractivity contribution is 0.0946. The second kappa shape index (κ2) is 7.98. The Morgan fingerprint density at radius 1 is 1.48 bits per heavy atom. The number of aromatic hydroxyl groups is 1. The molecule has 4 nitrogen and oxygen atoms in total. The fraction of sp³-hybridized carbons (Fsp3) is 0.562. The topological polar surface area (TPSA) is 52.6 Å². The van der Waals surface area contributed by atoms with Gasteiger partial charge in [0, 0.05) is 22.7 Å². The molecule has 0 spiro atoms. The van der Waals surface area contributed by atoms with Crippen molar-refractivity contribution in [3.63, 3.8) is 0 Å². The first-order valence-corrected chi connectivity index (χ1v) is 8.66. The number of carbonyl (C=O) groups is 1. The lowest BCUT2D eigenvalue weighted by atomic mass is 10.0. The molecule has 0 radical (unpaired) electrons. The Labute approximate surface area is 140 Å². The smallest absolute Gasteiger partial charge is 0.255 e. The standard InChI is InChI=1S/C16H23IN2O2/c1-12-5-2-3-9-19(12)10-4-8-18-16(21)14-11-13(17)6-7-15(14)20/h6-7,11-12,20H,2-5,8-10H2,1H3,(H,18,21). The Bertz CT molecular complexity index is 493. The number of carbonyl (C=O) groups excluding carboxylic acids is 1. The Hall–Kier alpha value is -0.820. The van der Waals surface area contributed by atoms with Crippen molar-refractivity contribution >= 4 is 28.5 Å². The van der Waals surface area contributed by atoms with Crippen molar-refractivity contribution < 1.29 is 9.90 Å². The van der Waals surface area contributed by atoms with E-state index in [0.29, 0.717) is 18.2 Å². The van der Waals surface area contributed by atoms with Gasteiger partial charge in [-0.25, -0.2) is 0 Å². The number of rotatable bonds is 5. The molecule has 1 aromatic rings. The number of amides is 1. The molecule has 21 heavy (non-hydrogen) atoms. The van der Waals surface area contributed by atoms with Crippen LogP contribution in [0.1, 0.15) is 43.0 Å². The van der Waals surface area contributed by atoms with Crippen LogP contribution in [-0.4, -0.2) is 41.6 Å². The molecule has 1 unspecified atom stereocenters. The summed E-state index contributed by atoms with van der Waals surface area (Å²) in [4.78, 5) is 14.5. The number of phenolic OH excluding ortho intramolecular Hbond substituents is 1. The molecule has 1 atom stereocenters. The molecule has 1 fully saturated rings. The van der Waals surface area contributed by atoms with E-state index in [4.69, 9.17) is 0 Å². The summed E-state index contributed by atoms with van der Waals surface area (Å²) < 4.78 is 0.942. The van der Waals surface area contributed by atoms with Crippen LogP contribution in [0.3, 0.4) is 0 Å². The summed E-state index contributed by atoms with van der Waals surface area (Å²) in [7, 11) is 0. The normalized spacial score (nSPS) is 19.4. The maximum atomic E-state index is 12.0. The summed E-state index contributed by atoms with van der Waals surface area (Å²) in [5, 5.41) is 12.6. The van der Waals surface area contributed by atoms with Crippen LogP contribution < -0.4 is 5.32 Å². The average Bonchev–Trinajstić information content (AvgIpc) is 2.47. The first kappa shape index (κ1) is 16.5. The minimum atomic E-state index is -0.197. The molecule has 0 bridgehead atoms. The van der Waals surface area contributed by atoms with E-state index in [2.05, 4.69) is 39.7 Å². The van der Waals surface area contributed by atoms with Crippen LogP contribution in [0.25, 0.3) is 0 Å². The summed E-state index contributed by atoms with van der Waals surface area (Å²) in [5.74, 6) is -0.157. The van der Waals surface area contributed by atoms with Gasteiger partial charge in [0.2, 0.25) is 0 Å². The van der Waals surface area contributed by atoms with Crippen LogP contribution in [0.4, 0.5) is 0 Å². The Morgan fingerprint density at radius 3 is 3.05 bits per heavy atom. The van der Waals surface area contributed by atoms with Crippen molar-refractivity contribution in [1.29, 1.82) is 0 Å². The molecule has 1 aromatic carbocycles. The Morgan fingerprint density at radius 2 is 2.29 bits per heavy atom. The van der Waals surface area contributed by atoms with E-state index in [-0.39, 0.29) is 11.7 Å². The summed E-state index contributed by atoms with van der Waals surface area (Å²) in [5.41, 5.74) is 0.355. The lowest BCUT2D eigenvalue weighted by Gasteiger charge is -2.33. The quantitative estimate of drug-likeness (QED) is 0.588. The van der Waals surface area contributed by atoms with Gasteiger partial charge in [-0.15, -0.1) is 0 Å². The van der Waals surface area contributed by atoms with Gasteiger partial charge in [0.1, 0.15) is 5.75 Å². The van der Waals surface area contributed by atoms with E-state index in [1.165, 1.54) is 25.8 Å². The molecule has 1 aliphatic rings. The minimum absolute atomic E-state index is 0.0394. The van der Waals surface area contributed by atoms with Gasteiger partial charge in [-0.05, 0) is 73.5 Å². The Kier molecular flexibility index (Phi) is 6.29. The number of benzene rings is 1. The minimum Gasteiger partial charge on any atom is -0.507 e. The molecule has 2 rings (SSSR count). The van der Waals surface area contributed by atoms with Gasteiger partial charge in [-0.1, -0.05) is 6.42 Å². The number of likely N-dealkylation sites (tertiary alicyclic amines) is 1. The first-order chi connectivity index (χ1) is 10.1. The van der Waals surface area contributed by atoms with Gasteiger partial charge < -0.3 is 15.3 Å². The number of hydrogen-bond donors (Lipinski definition) is 2. The van der Waals surface area contributed by atoms with Crippen LogP contribution in [-0.2, 0) is 0 Å². The monoisotopic (exact) mass is 402 g/mol. The maximum Gasteiger partial charge on any atom is 0.255 e. The van der Waals surface area contributed by atoms with E-state index in [1.807, 2.05) is 0 Å². The predicted molar refractivity (Wildman–Crippen MR) is 92.7 cm³/mol. The van der Waals surface area contributed by atoms with Gasteiger partial charge in [0.05, 0.1) is 5.56 Å². The molecule has 1 aliphatic heterocycles. The summed E-state index contributed by atoms with van der Waals surface area (Å²) >= 11 is 2.13. The van der Waals surface area contributed by atoms with Gasteiger partial charge in [-0.2, -0.15) is 0 Å². The number of phenols is 1. The van der Waals surface area contributed by atoms with E-state index < -0.39 is 0 Å². The fourth-order valence-electron chi connectivity index (χ4n) is 2.76. The number of hydrogen-bond acceptors (Lipinski definition) is 3. The molecular formula is C16H23IN2O2. The molecule has 5 heteroatoms. The lowest BCUT2D eigenvalue weighted by Crippen LogP contribution is -2.39. The van der Waals surface area contributed by atoms with Crippen molar-refractivity contribution in [2.45, 2.75) is 38.6 Å². The van der Waals surface area contributed by atoms with Crippen molar-refractivity contribution in [1.82, 2.24) is 10.2 Å². The van der Waals surface area contributed by atoms with Crippen LogP contribution >= 0.6 is 22.6 Å². The van der Waals surface area contributed by atoms with Gasteiger partial charge in [-0.3, -0.25) is 4.79 Å². The van der Waals surface area contributed by atoms with E-state index in [0.717, 1.165) is 16.5 Å². The number of nitrogens with zero attached hydrogens (tertiary/aromatic N) is 1. The van der Waals surface area contributed by atoms with E-state index in [9.17, 15) is 9.90 Å². The average molecular weight is 402 g/mol. The van der Waals surface area contributed by atoms with E-state index >= 15 is 0 Å². The predicted octanol–water partition coefficient (Wildman–Crippen LogP) is 2.99. The summed E-state index contributed by atoms with van der Waals surface area (Å²) in [6.07, 6.45) is 4.84. The highest BCUT2D eigenvalue weighted by Crippen LogP contribution is 2.19. The molecular weight excluding hydrogens is 379 g/mol. The second-order valence-electron chi connectivity index (χ2n) is 5.65. The Balaban J connectivity index is 1.75. The number of nitrogens with one attached hydrogen (secondary N) is 1. The zero-order chi connectivity index (χ0) is 15.2. The number of halogens is 1. The summed E-state index contributed by atoms with van der Waals surface area (Å²) in [6, 6.07) is 5.71. The molecule has 1 saturated heterocycles. The van der Waals surface area contributed by atoms with Gasteiger partial charge in [0.25, 0.3) is 5.91 Å².